The van der Waals surface area contributed by atoms with Crippen LogP contribution in [0.3, 0.4) is 0 Å². The molecule has 0 radical (unpaired) electrons. The average Bonchev–Trinajstić information content (AvgIpc) is 3.11. The minimum absolute atomic E-state index is 0.00889. The van der Waals surface area contributed by atoms with Crippen LogP contribution >= 0.6 is 0 Å². The van der Waals surface area contributed by atoms with Crippen molar-refractivity contribution < 1.29 is 18.3 Å². The summed E-state index contributed by atoms with van der Waals surface area (Å²) in [5, 5.41) is 8.80. The molecule has 2 rings (SSSR count). The Morgan fingerprint density at radius 1 is 1.31 bits per heavy atom. The van der Waals surface area contributed by atoms with E-state index in [1.165, 1.54) is 19.1 Å². The Morgan fingerprint density at radius 3 is 2.65 bits per heavy atom. The molecule has 1 aromatic heterocycles. The fraction of sp³-hybridized carbons (Fsp3) is 0.333. The maximum Gasteiger partial charge on any atom is 0.321 e. The standard InChI is InChI=1S/C18H21N3O4S/c1-14(18(22)23)21-26(24,25)16-10-8-15(9-11-16)6-4-2-3-5-7-17-19-12-13-20-17/h8-14,21H,2-3,5,7H2,1H3,(H,19,20)(H,22,23)/t14-/m1/s1. The number of H-pyrrole nitrogens is 1. The van der Waals surface area contributed by atoms with Gasteiger partial charge in [-0.05, 0) is 44.0 Å². The molecule has 1 atom stereocenters. The largest absolute Gasteiger partial charge is 0.480 e. The lowest BCUT2D eigenvalue weighted by atomic mass is 10.1. The lowest BCUT2D eigenvalue weighted by molar-refractivity contribution is -0.138. The quantitative estimate of drug-likeness (QED) is 0.482. The second kappa shape index (κ2) is 9.17. The van der Waals surface area contributed by atoms with E-state index in [1.807, 2.05) is 0 Å². The van der Waals surface area contributed by atoms with Crippen LogP contribution in [-0.4, -0.2) is 35.5 Å². The van der Waals surface area contributed by atoms with Gasteiger partial charge in [0.05, 0.1) is 4.90 Å². The Labute approximate surface area is 152 Å². The highest BCUT2D eigenvalue weighted by Crippen LogP contribution is 2.11. The van der Waals surface area contributed by atoms with Crippen LogP contribution in [0.1, 0.15) is 37.6 Å². The summed E-state index contributed by atoms with van der Waals surface area (Å²) >= 11 is 0. The molecule has 1 aromatic carbocycles. The first-order valence-electron chi connectivity index (χ1n) is 8.21. The number of hydrogen-bond donors (Lipinski definition) is 3. The molecule has 0 saturated heterocycles. The number of nitrogens with one attached hydrogen (secondary N) is 2. The molecule has 3 N–H and O–H groups in total. The molecule has 1 heterocycles. The molecule has 0 unspecified atom stereocenters. The number of nitrogens with zero attached hydrogens (tertiary/aromatic N) is 1. The summed E-state index contributed by atoms with van der Waals surface area (Å²) in [6.07, 6.45) is 7.12. The Hall–Kier alpha value is -2.63. The predicted molar refractivity (Wildman–Crippen MR) is 96.9 cm³/mol. The number of benzene rings is 1. The van der Waals surface area contributed by atoms with Gasteiger partial charge in [0.1, 0.15) is 11.9 Å². The molecule has 0 aliphatic carbocycles. The fourth-order valence-corrected chi connectivity index (χ4v) is 3.37. The van der Waals surface area contributed by atoms with Gasteiger partial charge in [0.15, 0.2) is 0 Å². The van der Waals surface area contributed by atoms with E-state index in [0.29, 0.717) is 5.56 Å². The van der Waals surface area contributed by atoms with Crippen LogP contribution in [0.5, 0.6) is 0 Å². The van der Waals surface area contributed by atoms with E-state index in [2.05, 4.69) is 26.5 Å². The van der Waals surface area contributed by atoms with E-state index in [1.54, 1.807) is 24.5 Å². The number of aromatic amines is 1. The van der Waals surface area contributed by atoms with Crippen LogP contribution in [0.15, 0.2) is 41.6 Å². The maximum atomic E-state index is 12.1. The van der Waals surface area contributed by atoms with E-state index < -0.39 is 22.0 Å². The second-order valence-electron chi connectivity index (χ2n) is 5.75. The first kappa shape index (κ1) is 19.7. The third-order valence-electron chi connectivity index (χ3n) is 3.62. The third-order valence-corrected chi connectivity index (χ3v) is 5.18. The number of carbonyl (C=O) groups is 1. The van der Waals surface area contributed by atoms with Crippen molar-refractivity contribution in [3.05, 3.63) is 48.0 Å². The van der Waals surface area contributed by atoms with Gasteiger partial charge < -0.3 is 10.1 Å². The van der Waals surface area contributed by atoms with Crippen molar-refractivity contribution in [1.29, 1.82) is 0 Å². The predicted octanol–water partition coefficient (Wildman–Crippen LogP) is 1.93. The summed E-state index contributed by atoms with van der Waals surface area (Å²) in [7, 11) is -3.86. The number of carboxylic acid groups (broad SMARTS) is 1. The van der Waals surface area contributed by atoms with Crippen LogP contribution in [0.2, 0.25) is 0 Å². The lowest BCUT2D eigenvalue weighted by Gasteiger charge is -2.10. The van der Waals surface area contributed by atoms with Gasteiger partial charge in [0.25, 0.3) is 0 Å². The molecule has 0 aliphatic heterocycles. The van der Waals surface area contributed by atoms with Gasteiger partial charge >= 0.3 is 5.97 Å². The van der Waals surface area contributed by atoms with Gasteiger partial charge in [-0.15, -0.1) is 0 Å². The normalized spacial score (nSPS) is 12.2. The van der Waals surface area contributed by atoms with Crippen LogP contribution in [-0.2, 0) is 21.2 Å². The van der Waals surface area contributed by atoms with Crippen molar-refractivity contribution in [2.75, 3.05) is 0 Å². The zero-order valence-corrected chi connectivity index (χ0v) is 15.2. The first-order chi connectivity index (χ1) is 12.4. The Bertz CT molecular complexity index is 879. The highest BCUT2D eigenvalue weighted by atomic mass is 32.2. The van der Waals surface area contributed by atoms with E-state index in [4.69, 9.17) is 5.11 Å². The van der Waals surface area contributed by atoms with Gasteiger partial charge in [0, 0.05) is 30.8 Å². The minimum Gasteiger partial charge on any atom is -0.480 e. The molecular weight excluding hydrogens is 354 g/mol. The molecule has 0 aliphatic rings. The highest BCUT2D eigenvalue weighted by molar-refractivity contribution is 7.89. The lowest BCUT2D eigenvalue weighted by Crippen LogP contribution is -2.38. The van der Waals surface area contributed by atoms with Crippen molar-refractivity contribution in [2.24, 2.45) is 0 Å². The van der Waals surface area contributed by atoms with Crippen molar-refractivity contribution in [2.45, 2.75) is 43.5 Å². The van der Waals surface area contributed by atoms with Crippen molar-refractivity contribution in [3.63, 3.8) is 0 Å². The molecule has 0 saturated carbocycles. The Balaban J connectivity index is 1.84. The molecule has 7 nitrogen and oxygen atoms in total. The van der Waals surface area contributed by atoms with Crippen molar-refractivity contribution in [3.8, 4) is 11.8 Å². The molecule has 138 valence electrons. The highest BCUT2D eigenvalue weighted by Gasteiger charge is 2.21. The summed E-state index contributed by atoms with van der Waals surface area (Å²) in [4.78, 5) is 18.0. The zero-order chi connectivity index (χ0) is 19.0. The summed E-state index contributed by atoms with van der Waals surface area (Å²) in [6.45, 7) is 1.27. The zero-order valence-electron chi connectivity index (χ0n) is 14.4. The number of aryl methyl sites for hydroxylation is 1. The number of sulfonamides is 1. The Kier molecular flexibility index (Phi) is 6.95. The molecule has 0 fully saturated rings. The van der Waals surface area contributed by atoms with E-state index in [-0.39, 0.29) is 4.90 Å². The van der Waals surface area contributed by atoms with Gasteiger partial charge in [-0.25, -0.2) is 13.4 Å². The molecule has 26 heavy (non-hydrogen) atoms. The third kappa shape index (κ3) is 6.02. The number of aliphatic carboxylic acids is 1. The number of carboxylic acids is 1. The SMILES string of the molecule is C[C@@H](NS(=O)(=O)c1ccc(C#CCCCCc2ncc[nH]2)cc1)C(=O)O. The smallest absolute Gasteiger partial charge is 0.321 e. The molecular formula is C18H21N3O4S. The molecule has 0 spiro atoms. The van der Waals surface area contributed by atoms with E-state index in [9.17, 15) is 13.2 Å². The Morgan fingerprint density at radius 2 is 2.04 bits per heavy atom. The summed E-state index contributed by atoms with van der Waals surface area (Å²) in [5.74, 6) is 5.80. The van der Waals surface area contributed by atoms with Crippen LogP contribution in [0.25, 0.3) is 0 Å². The van der Waals surface area contributed by atoms with Crippen LogP contribution in [0, 0.1) is 11.8 Å². The second-order valence-corrected chi connectivity index (χ2v) is 7.46. The number of hydrogen-bond acceptors (Lipinski definition) is 4. The van der Waals surface area contributed by atoms with Gasteiger partial charge in [-0.1, -0.05) is 11.8 Å². The molecule has 0 bridgehead atoms. The van der Waals surface area contributed by atoms with Gasteiger partial charge in [-0.2, -0.15) is 4.72 Å². The first-order valence-corrected chi connectivity index (χ1v) is 9.69. The summed E-state index contributed by atoms with van der Waals surface area (Å²) in [5.41, 5.74) is 0.710. The van der Waals surface area contributed by atoms with Crippen LogP contribution in [0.4, 0.5) is 0 Å². The molecule has 8 heteroatoms. The molecule has 2 aromatic rings. The summed E-state index contributed by atoms with van der Waals surface area (Å²) < 4.78 is 26.2. The van der Waals surface area contributed by atoms with Gasteiger partial charge in [-0.3, -0.25) is 4.79 Å². The fourth-order valence-electron chi connectivity index (χ4n) is 2.17. The monoisotopic (exact) mass is 375 g/mol. The van der Waals surface area contributed by atoms with Crippen molar-refractivity contribution in [1.82, 2.24) is 14.7 Å². The minimum atomic E-state index is -3.86. The van der Waals surface area contributed by atoms with Crippen molar-refractivity contribution >= 4 is 16.0 Å². The number of aromatic nitrogens is 2. The molecule has 0 amide bonds. The summed E-state index contributed by atoms with van der Waals surface area (Å²) in [6, 6.07) is 4.85. The van der Waals surface area contributed by atoms with Gasteiger partial charge in [0.2, 0.25) is 10.0 Å². The topological polar surface area (TPSA) is 112 Å². The number of unbranched alkanes of at least 4 members (excludes halogenated alkanes) is 2. The number of imidazole rings is 1. The number of rotatable bonds is 8. The van der Waals surface area contributed by atoms with E-state index in [0.717, 1.165) is 31.5 Å². The van der Waals surface area contributed by atoms with Crippen LogP contribution < -0.4 is 4.72 Å². The maximum absolute atomic E-state index is 12.1. The average molecular weight is 375 g/mol. The van der Waals surface area contributed by atoms with E-state index >= 15 is 0 Å².